The van der Waals surface area contributed by atoms with Crippen LogP contribution in [0.25, 0.3) is 0 Å². The Morgan fingerprint density at radius 1 is 0.412 bits per heavy atom. The molecule has 0 radical (unpaired) electrons. The van der Waals surface area contributed by atoms with Crippen molar-refractivity contribution in [2.45, 2.75) is 246 Å². The molecule has 0 saturated heterocycles. The monoisotopic (exact) mass is 723 g/mol. The Morgan fingerprint density at radius 2 is 0.745 bits per heavy atom. The van der Waals surface area contributed by atoms with Gasteiger partial charge in [-0.15, -0.1) is 0 Å². The predicted octanol–water partition coefficient (Wildman–Crippen LogP) is 13.8. The summed E-state index contributed by atoms with van der Waals surface area (Å²) < 4.78 is 16.7. The first-order valence-electron chi connectivity index (χ1n) is 22.3. The fourth-order valence-corrected chi connectivity index (χ4v) is 6.54. The number of esters is 3. The van der Waals surface area contributed by atoms with E-state index in [4.69, 9.17) is 14.2 Å². The van der Waals surface area contributed by atoms with E-state index < -0.39 is 6.10 Å². The average molecular weight is 723 g/mol. The normalized spacial score (nSPS) is 12.6. The standard InChI is InChI=1S/C45H86O6/c1-6-8-9-10-11-13-20-25-30-35-43(46)49-38-42(51-45(48)37-32-27-22-15-12-14-18-23-28-33-40(3)4)39-50-44(47)36-31-26-21-17-16-19-24-29-34-41(5)7-2/h40-42H,6-39H2,1-5H3/t41?,42-/m1/s1. The topological polar surface area (TPSA) is 78.9 Å². The van der Waals surface area contributed by atoms with Crippen molar-refractivity contribution < 1.29 is 28.6 Å². The lowest BCUT2D eigenvalue weighted by atomic mass is 9.99. The molecule has 0 aliphatic heterocycles. The molecule has 0 saturated carbocycles. The second-order valence-corrected chi connectivity index (χ2v) is 16.1. The number of unbranched alkanes of at least 4 members (excludes halogenated alkanes) is 23. The van der Waals surface area contributed by atoms with Crippen molar-refractivity contribution in [2.24, 2.45) is 11.8 Å². The molecule has 0 aromatic carbocycles. The van der Waals surface area contributed by atoms with E-state index in [2.05, 4.69) is 34.6 Å². The first kappa shape index (κ1) is 49.4. The van der Waals surface area contributed by atoms with E-state index in [1.165, 1.54) is 128 Å². The molecular weight excluding hydrogens is 636 g/mol. The Hall–Kier alpha value is -1.59. The van der Waals surface area contributed by atoms with E-state index >= 15 is 0 Å². The van der Waals surface area contributed by atoms with E-state index in [0.717, 1.165) is 69.6 Å². The van der Waals surface area contributed by atoms with Crippen LogP contribution in [0.4, 0.5) is 0 Å². The van der Waals surface area contributed by atoms with E-state index in [1.807, 2.05) is 0 Å². The third kappa shape index (κ3) is 38.0. The van der Waals surface area contributed by atoms with Crippen molar-refractivity contribution in [3.05, 3.63) is 0 Å². The summed E-state index contributed by atoms with van der Waals surface area (Å²) in [6.07, 6.45) is 35.1. The lowest BCUT2D eigenvalue weighted by Crippen LogP contribution is -2.30. The van der Waals surface area contributed by atoms with E-state index in [0.29, 0.717) is 19.3 Å². The first-order valence-corrected chi connectivity index (χ1v) is 22.3. The fraction of sp³-hybridized carbons (Fsp3) is 0.933. The maximum absolute atomic E-state index is 12.7. The molecule has 6 heteroatoms. The second-order valence-electron chi connectivity index (χ2n) is 16.1. The van der Waals surface area contributed by atoms with E-state index in [9.17, 15) is 14.4 Å². The Kier molecular flexibility index (Phi) is 37.0. The highest BCUT2D eigenvalue weighted by Gasteiger charge is 2.19. The molecule has 0 heterocycles. The molecule has 51 heavy (non-hydrogen) atoms. The molecule has 0 amide bonds. The van der Waals surface area contributed by atoms with Gasteiger partial charge in [0.05, 0.1) is 0 Å². The minimum atomic E-state index is -0.760. The first-order chi connectivity index (χ1) is 24.8. The van der Waals surface area contributed by atoms with Gasteiger partial charge >= 0.3 is 17.9 Å². The van der Waals surface area contributed by atoms with Crippen LogP contribution in [0.1, 0.15) is 240 Å². The van der Waals surface area contributed by atoms with Crippen LogP contribution in [-0.4, -0.2) is 37.2 Å². The average Bonchev–Trinajstić information content (AvgIpc) is 3.11. The fourth-order valence-electron chi connectivity index (χ4n) is 6.54. The van der Waals surface area contributed by atoms with Crippen molar-refractivity contribution in [1.82, 2.24) is 0 Å². The van der Waals surface area contributed by atoms with E-state index in [-0.39, 0.29) is 31.1 Å². The predicted molar refractivity (Wildman–Crippen MR) is 215 cm³/mol. The summed E-state index contributed by atoms with van der Waals surface area (Å²) >= 11 is 0. The van der Waals surface area contributed by atoms with Gasteiger partial charge in [-0.25, -0.2) is 0 Å². The number of rotatable bonds is 39. The van der Waals surface area contributed by atoms with Crippen LogP contribution >= 0.6 is 0 Å². The zero-order valence-electron chi connectivity index (χ0n) is 34.7. The highest BCUT2D eigenvalue weighted by Crippen LogP contribution is 2.17. The summed E-state index contributed by atoms with van der Waals surface area (Å²) in [6, 6.07) is 0. The smallest absolute Gasteiger partial charge is 0.306 e. The molecule has 0 rings (SSSR count). The summed E-state index contributed by atoms with van der Waals surface area (Å²) in [5.41, 5.74) is 0. The molecule has 1 unspecified atom stereocenters. The highest BCUT2D eigenvalue weighted by atomic mass is 16.6. The maximum atomic E-state index is 12.7. The molecule has 0 aliphatic rings. The van der Waals surface area contributed by atoms with Gasteiger partial charge in [0.25, 0.3) is 0 Å². The molecular formula is C45H86O6. The zero-order chi connectivity index (χ0) is 37.6. The van der Waals surface area contributed by atoms with Crippen LogP contribution in [0, 0.1) is 11.8 Å². The number of carbonyl (C=O) groups excluding carboxylic acids is 3. The molecule has 0 aliphatic carbocycles. The van der Waals surface area contributed by atoms with Gasteiger partial charge in [-0.1, -0.05) is 202 Å². The van der Waals surface area contributed by atoms with Gasteiger partial charge in [-0.3, -0.25) is 14.4 Å². The Balaban J connectivity index is 4.35. The number of hydrogen-bond donors (Lipinski definition) is 0. The van der Waals surface area contributed by atoms with Crippen molar-refractivity contribution in [3.63, 3.8) is 0 Å². The Morgan fingerprint density at radius 3 is 1.12 bits per heavy atom. The molecule has 0 N–H and O–H groups in total. The molecule has 302 valence electrons. The van der Waals surface area contributed by atoms with Crippen molar-refractivity contribution in [2.75, 3.05) is 13.2 Å². The van der Waals surface area contributed by atoms with Crippen LogP contribution < -0.4 is 0 Å². The van der Waals surface area contributed by atoms with Gasteiger partial charge in [0.1, 0.15) is 13.2 Å². The zero-order valence-corrected chi connectivity index (χ0v) is 34.7. The molecule has 0 fully saturated rings. The van der Waals surface area contributed by atoms with Crippen LogP contribution in [0.3, 0.4) is 0 Å². The van der Waals surface area contributed by atoms with Gasteiger partial charge in [-0.2, -0.15) is 0 Å². The molecule has 0 bridgehead atoms. The SMILES string of the molecule is CCCCCCCCCCCC(=O)OC[C@H](COC(=O)CCCCCCCCCCC(C)CC)OC(=O)CCCCCCCCCCCC(C)C. The molecule has 0 spiro atoms. The van der Waals surface area contributed by atoms with Gasteiger partial charge in [0.2, 0.25) is 0 Å². The van der Waals surface area contributed by atoms with Crippen molar-refractivity contribution >= 4 is 17.9 Å². The van der Waals surface area contributed by atoms with Crippen LogP contribution in [0.5, 0.6) is 0 Å². The van der Waals surface area contributed by atoms with Gasteiger partial charge in [0, 0.05) is 19.3 Å². The Labute approximate surface area is 317 Å². The maximum Gasteiger partial charge on any atom is 0.306 e. The third-order valence-electron chi connectivity index (χ3n) is 10.3. The number of carbonyl (C=O) groups is 3. The lowest BCUT2D eigenvalue weighted by molar-refractivity contribution is -0.167. The van der Waals surface area contributed by atoms with Gasteiger partial charge < -0.3 is 14.2 Å². The summed E-state index contributed by atoms with van der Waals surface area (Å²) in [5.74, 6) is 0.791. The summed E-state index contributed by atoms with van der Waals surface area (Å²) in [7, 11) is 0. The van der Waals surface area contributed by atoms with E-state index in [1.54, 1.807) is 0 Å². The number of hydrogen-bond acceptors (Lipinski definition) is 6. The summed E-state index contributed by atoms with van der Waals surface area (Å²) in [6.45, 7) is 11.3. The van der Waals surface area contributed by atoms with Gasteiger partial charge in [-0.05, 0) is 31.1 Å². The van der Waals surface area contributed by atoms with Crippen molar-refractivity contribution in [3.8, 4) is 0 Å². The van der Waals surface area contributed by atoms with Crippen LogP contribution in [0.2, 0.25) is 0 Å². The quantitative estimate of drug-likeness (QED) is 0.0357. The summed E-state index contributed by atoms with van der Waals surface area (Å²) in [5, 5.41) is 0. The largest absolute Gasteiger partial charge is 0.462 e. The van der Waals surface area contributed by atoms with Crippen molar-refractivity contribution in [1.29, 1.82) is 0 Å². The molecule has 2 atom stereocenters. The molecule has 6 nitrogen and oxygen atoms in total. The molecule has 0 aromatic heterocycles. The van der Waals surface area contributed by atoms with Gasteiger partial charge in [0.15, 0.2) is 6.10 Å². The third-order valence-corrected chi connectivity index (χ3v) is 10.3. The number of ether oxygens (including phenoxy) is 3. The summed E-state index contributed by atoms with van der Waals surface area (Å²) in [4.78, 5) is 37.6. The van der Waals surface area contributed by atoms with Crippen LogP contribution in [0.15, 0.2) is 0 Å². The highest BCUT2D eigenvalue weighted by molar-refractivity contribution is 5.71. The Bertz CT molecular complexity index is 781. The lowest BCUT2D eigenvalue weighted by Gasteiger charge is -2.18. The van der Waals surface area contributed by atoms with Crippen LogP contribution in [-0.2, 0) is 28.6 Å². The minimum absolute atomic E-state index is 0.0657. The second kappa shape index (κ2) is 38.1. The molecule has 0 aromatic rings. The minimum Gasteiger partial charge on any atom is -0.462 e.